The summed E-state index contributed by atoms with van der Waals surface area (Å²) in [5.41, 5.74) is 5.42. The molecule has 4 heteroatoms. The van der Waals surface area contributed by atoms with Gasteiger partial charge in [0.05, 0.1) is 19.6 Å². The number of carbonyl (C=O) groups is 1. The number of anilines is 2. The van der Waals surface area contributed by atoms with E-state index >= 15 is 0 Å². The number of rotatable bonds is 4. The maximum Gasteiger partial charge on any atom is 0.228 e. The van der Waals surface area contributed by atoms with Crippen molar-refractivity contribution >= 4 is 17.3 Å². The van der Waals surface area contributed by atoms with E-state index in [9.17, 15) is 4.79 Å². The topological polar surface area (TPSA) is 41.6 Å². The van der Waals surface area contributed by atoms with Crippen molar-refractivity contribution in [3.05, 3.63) is 59.2 Å². The summed E-state index contributed by atoms with van der Waals surface area (Å²) in [6.45, 7) is 7.46. The van der Waals surface area contributed by atoms with Crippen molar-refractivity contribution in [1.82, 2.24) is 0 Å². The Hall–Kier alpha value is -2.33. The Morgan fingerprint density at radius 3 is 2.50 bits per heavy atom. The molecule has 0 unspecified atom stereocenters. The third kappa shape index (κ3) is 4.15. The number of nitrogens with zero attached hydrogens (tertiary/aromatic N) is 1. The molecule has 24 heavy (non-hydrogen) atoms. The molecule has 1 aliphatic heterocycles. The van der Waals surface area contributed by atoms with Crippen LogP contribution >= 0.6 is 0 Å². The molecule has 1 saturated heterocycles. The Morgan fingerprint density at radius 1 is 1.08 bits per heavy atom. The van der Waals surface area contributed by atoms with E-state index in [1.807, 2.05) is 26.0 Å². The minimum atomic E-state index is 0.0165. The van der Waals surface area contributed by atoms with E-state index in [4.69, 9.17) is 4.74 Å². The maximum atomic E-state index is 12.3. The summed E-state index contributed by atoms with van der Waals surface area (Å²) < 4.78 is 5.37. The highest BCUT2D eigenvalue weighted by Crippen LogP contribution is 2.19. The van der Waals surface area contributed by atoms with E-state index in [1.165, 1.54) is 11.3 Å². The lowest BCUT2D eigenvalue weighted by molar-refractivity contribution is -0.115. The highest BCUT2D eigenvalue weighted by atomic mass is 16.5. The summed E-state index contributed by atoms with van der Waals surface area (Å²) in [6.07, 6.45) is 0.402. The van der Waals surface area contributed by atoms with Gasteiger partial charge in [-0.05, 0) is 49.2 Å². The van der Waals surface area contributed by atoms with Gasteiger partial charge in [-0.1, -0.05) is 23.8 Å². The molecular weight excluding hydrogens is 300 g/mol. The average molecular weight is 324 g/mol. The van der Waals surface area contributed by atoms with E-state index in [0.717, 1.165) is 43.1 Å². The molecule has 0 spiro atoms. The van der Waals surface area contributed by atoms with Gasteiger partial charge in [-0.25, -0.2) is 0 Å². The Labute approximate surface area is 143 Å². The first-order valence-electron chi connectivity index (χ1n) is 8.40. The number of morpholine rings is 1. The van der Waals surface area contributed by atoms with Gasteiger partial charge >= 0.3 is 0 Å². The van der Waals surface area contributed by atoms with Crippen molar-refractivity contribution < 1.29 is 9.53 Å². The van der Waals surface area contributed by atoms with Crippen molar-refractivity contribution in [2.24, 2.45) is 0 Å². The van der Waals surface area contributed by atoms with Gasteiger partial charge in [0.1, 0.15) is 0 Å². The molecule has 4 nitrogen and oxygen atoms in total. The molecular formula is C20H24N2O2. The van der Waals surface area contributed by atoms with Crippen molar-refractivity contribution in [2.75, 3.05) is 36.5 Å². The third-order valence-corrected chi connectivity index (χ3v) is 4.38. The minimum Gasteiger partial charge on any atom is -0.378 e. The largest absolute Gasteiger partial charge is 0.378 e. The van der Waals surface area contributed by atoms with Gasteiger partial charge in [-0.2, -0.15) is 0 Å². The van der Waals surface area contributed by atoms with Gasteiger partial charge in [-0.15, -0.1) is 0 Å². The molecule has 0 saturated carbocycles. The normalized spacial score (nSPS) is 14.5. The fourth-order valence-corrected chi connectivity index (χ4v) is 2.95. The van der Waals surface area contributed by atoms with Crippen LogP contribution in [0.5, 0.6) is 0 Å². The Kier molecular flexibility index (Phi) is 5.16. The third-order valence-electron chi connectivity index (χ3n) is 4.38. The number of benzene rings is 2. The molecule has 3 rings (SSSR count). The van der Waals surface area contributed by atoms with Crippen LogP contribution in [0.1, 0.15) is 16.7 Å². The fraction of sp³-hybridized carbons (Fsp3) is 0.350. The second kappa shape index (κ2) is 7.49. The number of ether oxygens (including phenoxy) is 1. The second-order valence-corrected chi connectivity index (χ2v) is 6.30. The molecule has 2 aromatic rings. The van der Waals surface area contributed by atoms with E-state index in [-0.39, 0.29) is 5.91 Å². The van der Waals surface area contributed by atoms with Crippen LogP contribution < -0.4 is 10.2 Å². The van der Waals surface area contributed by atoms with Gasteiger partial charge in [0.25, 0.3) is 0 Å². The number of hydrogen-bond donors (Lipinski definition) is 1. The van der Waals surface area contributed by atoms with Crippen LogP contribution in [-0.4, -0.2) is 32.2 Å². The maximum absolute atomic E-state index is 12.3. The van der Waals surface area contributed by atoms with Crippen LogP contribution in [0.3, 0.4) is 0 Å². The molecule has 0 atom stereocenters. The predicted octanol–water partition coefficient (Wildman–Crippen LogP) is 3.32. The van der Waals surface area contributed by atoms with Gasteiger partial charge in [0.2, 0.25) is 5.91 Å². The van der Waals surface area contributed by atoms with Crippen LogP contribution in [0.15, 0.2) is 42.5 Å². The Balaban J connectivity index is 1.61. The second-order valence-electron chi connectivity index (χ2n) is 6.30. The quantitative estimate of drug-likeness (QED) is 0.938. The lowest BCUT2D eigenvalue weighted by Crippen LogP contribution is -2.36. The molecule has 0 radical (unpaired) electrons. The molecule has 1 amide bonds. The van der Waals surface area contributed by atoms with Gasteiger partial charge < -0.3 is 15.0 Å². The zero-order valence-corrected chi connectivity index (χ0v) is 14.3. The molecule has 1 aliphatic rings. The van der Waals surface area contributed by atoms with Gasteiger partial charge in [-0.3, -0.25) is 4.79 Å². The van der Waals surface area contributed by atoms with E-state index in [0.29, 0.717) is 6.42 Å². The predicted molar refractivity (Wildman–Crippen MR) is 97.7 cm³/mol. The van der Waals surface area contributed by atoms with Crippen LogP contribution in [0.25, 0.3) is 0 Å². The smallest absolute Gasteiger partial charge is 0.228 e. The molecule has 1 heterocycles. The number of nitrogens with one attached hydrogen (secondary N) is 1. The SMILES string of the molecule is Cc1ccc(C)c(CC(=O)Nc2ccc(N3CCOCC3)cc2)c1. The molecule has 0 aliphatic carbocycles. The summed E-state index contributed by atoms with van der Waals surface area (Å²) in [6, 6.07) is 14.3. The first-order valence-corrected chi connectivity index (χ1v) is 8.40. The van der Waals surface area contributed by atoms with Crippen molar-refractivity contribution in [3.8, 4) is 0 Å². The Morgan fingerprint density at radius 2 is 1.79 bits per heavy atom. The van der Waals surface area contributed by atoms with Gasteiger partial charge in [0, 0.05) is 24.5 Å². The number of amides is 1. The summed E-state index contributed by atoms with van der Waals surface area (Å²) >= 11 is 0. The summed E-state index contributed by atoms with van der Waals surface area (Å²) in [5, 5.41) is 2.99. The first-order chi connectivity index (χ1) is 11.6. The van der Waals surface area contributed by atoms with E-state index in [2.05, 4.69) is 40.5 Å². The Bertz CT molecular complexity index is 704. The summed E-state index contributed by atoms with van der Waals surface area (Å²) in [7, 11) is 0. The molecule has 126 valence electrons. The zero-order valence-electron chi connectivity index (χ0n) is 14.3. The van der Waals surface area contributed by atoms with Crippen LogP contribution in [-0.2, 0) is 16.0 Å². The lowest BCUT2D eigenvalue weighted by Gasteiger charge is -2.28. The monoisotopic (exact) mass is 324 g/mol. The fourth-order valence-electron chi connectivity index (χ4n) is 2.95. The van der Waals surface area contributed by atoms with Crippen molar-refractivity contribution in [1.29, 1.82) is 0 Å². The standard InChI is InChI=1S/C20H24N2O2/c1-15-3-4-16(2)17(13-15)14-20(23)21-18-5-7-19(8-6-18)22-9-11-24-12-10-22/h3-8,13H,9-12,14H2,1-2H3,(H,21,23). The summed E-state index contributed by atoms with van der Waals surface area (Å²) in [5.74, 6) is 0.0165. The van der Waals surface area contributed by atoms with Crippen molar-refractivity contribution in [2.45, 2.75) is 20.3 Å². The molecule has 0 bridgehead atoms. The van der Waals surface area contributed by atoms with Crippen molar-refractivity contribution in [3.63, 3.8) is 0 Å². The highest BCUT2D eigenvalue weighted by Gasteiger charge is 2.11. The van der Waals surface area contributed by atoms with Crippen LogP contribution in [0.2, 0.25) is 0 Å². The average Bonchev–Trinajstić information content (AvgIpc) is 2.59. The first kappa shape index (κ1) is 16.5. The van der Waals surface area contributed by atoms with Gasteiger partial charge in [0.15, 0.2) is 0 Å². The molecule has 1 fully saturated rings. The number of aryl methyl sites for hydroxylation is 2. The molecule has 1 N–H and O–H groups in total. The number of carbonyl (C=O) groups excluding carboxylic acids is 1. The van der Waals surface area contributed by atoms with E-state index in [1.54, 1.807) is 0 Å². The molecule has 0 aromatic heterocycles. The molecule has 2 aromatic carbocycles. The lowest BCUT2D eigenvalue weighted by atomic mass is 10.0. The van der Waals surface area contributed by atoms with Crippen LogP contribution in [0, 0.1) is 13.8 Å². The van der Waals surface area contributed by atoms with Crippen LogP contribution in [0.4, 0.5) is 11.4 Å². The summed E-state index contributed by atoms with van der Waals surface area (Å²) in [4.78, 5) is 14.6. The number of hydrogen-bond acceptors (Lipinski definition) is 3. The minimum absolute atomic E-state index is 0.0165. The van der Waals surface area contributed by atoms with E-state index < -0.39 is 0 Å². The zero-order chi connectivity index (χ0) is 16.9. The highest BCUT2D eigenvalue weighted by molar-refractivity contribution is 5.92.